The Labute approximate surface area is 104 Å². The number of hydrogen-bond acceptors (Lipinski definition) is 3. The summed E-state index contributed by atoms with van der Waals surface area (Å²) < 4.78 is 42.2. The van der Waals surface area contributed by atoms with Crippen molar-refractivity contribution >= 4 is 21.9 Å². The van der Waals surface area contributed by atoms with Gasteiger partial charge in [-0.05, 0) is 19.1 Å². The molecule has 0 aliphatic heterocycles. The molecule has 0 atom stereocenters. The number of carbonyl (C=O) groups excluding carboxylic acids is 1. The van der Waals surface area contributed by atoms with Gasteiger partial charge >= 0.3 is 12.1 Å². The van der Waals surface area contributed by atoms with E-state index in [-0.39, 0.29) is 23.2 Å². The smallest absolute Gasteiger partial charge is 0.433 e. The minimum absolute atomic E-state index is 0.0187. The lowest BCUT2D eigenvalue weighted by atomic mass is 10.2. The third-order valence-electron chi connectivity index (χ3n) is 1.76. The molecule has 0 spiro atoms. The molecule has 0 aromatic carbocycles. The molecule has 94 valence electrons. The second-order valence-electron chi connectivity index (χ2n) is 3.14. The molecule has 0 bridgehead atoms. The maximum absolute atomic E-state index is 12.4. The molecule has 1 aromatic rings. The van der Waals surface area contributed by atoms with Gasteiger partial charge in [0.25, 0.3) is 0 Å². The quantitative estimate of drug-likeness (QED) is 0.806. The monoisotopic (exact) mass is 311 g/mol. The van der Waals surface area contributed by atoms with Crippen LogP contribution in [0.15, 0.2) is 16.6 Å². The van der Waals surface area contributed by atoms with Crippen molar-refractivity contribution in [3.63, 3.8) is 0 Å². The van der Waals surface area contributed by atoms with Crippen LogP contribution in [0.1, 0.15) is 18.3 Å². The summed E-state index contributed by atoms with van der Waals surface area (Å²) in [5, 5.41) is 0. The zero-order valence-corrected chi connectivity index (χ0v) is 10.4. The highest BCUT2D eigenvalue weighted by Crippen LogP contribution is 2.29. The summed E-state index contributed by atoms with van der Waals surface area (Å²) in [6.45, 7) is 1.80. The van der Waals surface area contributed by atoms with Gasteiger partial charge in [-0.25, -0.2) is 4.98 Å². The minimum Gasteiger partial charge on any atom is -0.466 e. The van der Waals surface area contributed by atoms with Crippen molar-refractivity contribution in [3.05, 3.63) is 28.0 Å². The first-order chi connectivity index (χ1) is 7.82. The molecular formula is C10H9BrF3NO2. The topological polar surface area (TPSA) is 39.2 Å². The van der Waals surface area contributed by atoms with E-state index >= 15 is 0 Å². The predicted molar refractivity (Wildman–Crippen MR) is 57.3 cm³/mol. The molecule has 0 aliphatic rings. The second kappa shape index (κ2) is 5.48. The lowest BCUT2D eigenvalue weighted by Crippen LogP contribution is -2.13. The van der Waals surface area contributed by atoms with E-state index < -0.39 is 17.8 Å². The van der Waals surface area contributed by atoms with E-state index in [1.807, 2.05) is 0 Å². The van der Waals surface area contributed by atoms with E-state index in [4.69, 9.17) is 0 Å². The fourth-order valence-electron chi connectivity index (χ4n) is 1.15. The predicted octanol–water partition coefficient (Wildman–Crippen LogP) is 2.97. The van der Waals surface area contributed by atoms with Gasteiger partial charge in [0.1, 0.15) is 5.69 Å². The van der Waals surface area contributed by atoms with Gasteiger partial charge in [0, 0.05) is 4.47 Å². The SMILES string of the molecule is CCOC(=O)Cc1cc(Br)cc(C(F)(F)F)n1. The summed E-state index contributed by atoms with van der Waals surface area (Å²) in [6, 6.07) is 2.21. The number of alkyl halides is 3. The van der Waals surface area contributed by atoms with Gasteiger partial charge in [-0.1, -0.05) is 15.9 Å². The Morgan fingerprint density at radius 1 is 1.47 bits per heavy atom. The first-order valence-corrected chi connectivity index (χ1v) is 5.51. The average molecular weight is 312 g/mol. The number of carbonyl (C=O) groups is 1. The molecule has 7 heteroatoms. The molecule has 0 radical (unpaired) electrons. The standard InChI is InChI=1S/C10H9BrF3NO2/c1-2-17-9(16)5-7-3-6(11)4-8(15-7)10(12,13)14/h3-4H,2,5H2,1H3. The van der Waals surface area contributed by atoms with Crippen LogP contribution in [0.4, 0.5) is 13.2 Å². The summed E-state index contributed by atoms with van der Waals surface area (Å²) in [5.74, 6) is -0.605. The third-order valence-corrected chi connectivity index (χ3v) is 2.22. The molecule has 0 saturated carbocycles. The Morgan fingerprint density at radius 3 is 2.65 bits per heavy atom. The van der Waals surface area contributed by atoms with Crippen molar-refractivity contribution in [2.24, 2.45) is 0 Å². The largest absolute Gasteiger partial charge is 0.466 e. The van der Waals surface area contributed by atoms with Gasteiger partial charge in [-0.15, -0.1) is 0 Å². The fraction of sp³-hybridized carbons (Fsp3) is 0.400. The van der Waals surface area contributed by atoms with Gasteiger partial charge in [-0.2, -0.15) is 13.2 Å². The lowest BCUT2D eigenvalue weighted by molar-refractivity contribution is -0.144. The molecule has 17 heavy (non-hydrogen) atoms. The van der Waals surface area contributed by atoms with E-state index in [0.717, 1.165) is 6.07 Å². The third kappa shape index (κ3) is 4.33. The number of rotatable bonds is 3. The Morgan fingerprint density at radius 2 is 2.12 bits per heavy atom. The Kier molecular flexibility index (Phi) is 4.50. The number of ether oxygens (including phenoxy) is 1. The Bertz CT molecular complexity index is 421. The number of nitrogens with zero attached hydrogens (tertiary/aromatic N) is 1. The maximum Gasteiger partial charge on any atom is 0.433 e. The number of pyridine rings is 1. The number of aromatic nitrogens is 1. The van der Waals surface area contributed by atoms with Crippen LogP contribution < -0.4 is 0 Å². The van der Waals surface area contributed by atoms with Gasteiger partial charge in [0.15, 0.2) is 0 Å². The van der Waals surface area contributed by atoms with Gasteiger partial charge in [-0.3, -0.25) is 4.79 Å². The van der Waals surface area contributed by atoms with Crippen LogP contribution in [0.3, 0.4) is 0 Å². The normalized spacial score (nSPS) is 11.4. The van der Waals surface area contributed by atoms with E-state index in [2.05, 4.69) is 25.7 Å². The van der Waals surface area contributed by atoms with Crippen LogP contribution in [-0.4, -0.2) is 17.6 Å². The summed E-state index contributed by atoms with van der Waals surface area (Å²) >= 11 is 2.94. The molecule has 0 unspecified atom stereocenters. The summed E-state index contributed by atoms with van der Waals surface area (Å²) in [5.41, 5.74) is -1.02. The van der Waals surface area contributed by atoms with Gasteiger partial charge < -0.3 is 4.74 Å². The number of esters is 1. The average Bonchev–Trinajstić information content (AvgIpc) is 2.15. The molecule has 0 aliphatic carbocycles. The van der Waals surface area contributed by atoms with Crippen molar-refractivity contribution in [1.29, 1.82) is 0 Å². The highest BCUT2D eigenvalue weighted by Gasteiger charge is 2.33. The zero-order chi connectivity index (χ0) is 13.1. The van der Waals surface area contributed by atoms with E-state index in [0.29, 0.717) is 0 Å². The molecule has 0 N–H and O–H groups in total. The number of hydrogen-bond donors (Lipinski definition) is 0. The summed E-state index contributed by atoms with van der Waals surface area (Å²) in [6.07, 6.45) is -4.82. The maximum atomic E-state index is 12.4. The molecule has 1 aromatic heterocycles. The highest BCUT2D eigenvalue weighted by atomic mass is 79.9. The molecule has 0 fully saturated rings. The lowest BCUT2D eigenvalue weighted by Gasteiger charge is -2.08. The first-order valence-electron chi connectivity index (χ1n) is 4.72. The molecule has 1 heterocycles. The second-order valence-corrected chi connectivity index (χ2v) is 4.06. The van der Waals surface area contributed by atoms with Gasteiger partial charge in [0.05, 0.1) is 18.7 Å². The molecule has 0 saturated heterocycles. The van der Waals surface area contributed by atoms with Crippen molar-refractivity contribution in [3.8, 4) is 0 Å². The van der Waals surface area contributed by atoms with Crippen LogP contribution in [0.5, 0.6) is 0 Å². The number of halogens is 4. The van der Waals surface area contributed by atoms with Crippen molar-refractivity contribution in [2.45, 2.75) is 19.5 Å². The Hall–Kier alpha value is -1.11. The van der Waals surface area contributed by atoms with Gasteiger partial charge in [0.2, 0.25) is 0 Å². The molecule has 3 nitrogen and oxygen atoms in total. The van der Waals surface area contributed by atoms with Crippen LogP contribution in [0.2, 0.25) is 0 Å². The van der Waals surface area contributed by atoms with Crippen LogP contribution in [-0.2, 0) is 22.1 Å². The molecular weight excluding hydrogens is 303 g/mol. The van der Waals surface area contributed by atoms with Crippen LogP contribution in [0, 0.1) is 0 Å². The van der Waals surface area contributed by atoms with Crippen LogP contribution in [0.25, 0.3) is 0 Å². The van der Waals surface area contributed by atoms with Crippen molar-refractivity contribution in [1.82, 2.24) is 4.98 Å². The Balaban J connectivity index is 2.94. The molecule has 1 rings (SSSR count). The summed E-state index contributed by atoms with van der Waals surface area (Å²) in [4.78, 5) is 14.5. The molecule has 0 amide bonds. The first kappa shape index (κ1) is 14.0. The van der Waals surface area contributed by atoms with E-state index in [1.165, 1.54) is 6.07 Å². The minimum atomic E-state index is -4.53. The highest BCUT2D eigenvalue weighted by molar-refractivity contribution is 9.10. The van der Waals surface area contributed by atoms with Crippen LogP contribution >= 0.6 is 15.9 Å². The zero-order valence-electron chi connectivity index (χ0n) is 8.84. The van der Waals surface area contributed by atoms with E-state index in [1.54, 1.807) is 6.92 Å². The fourth-order valence-corrected chi connectivity index (χ4v) is 1.63. The summed E-state index contributed by atoms with van der Waals surface area (Å²) in [7, 11) is 0. The van der Waals surface area contributed by atoms with E-state index in [9.17, 15) is 18.0 Å². The van der Waals surface area contributed by atoms with Crippen molar-refractivity contribution in [2.75, 3.05) is 6.61 Å². The van der Waals surface area contributed by atoms with Crippen molar-refractivity contribution < 1.29 is 22.7 Å².